The summed E-state index contributed by atoms with van der Waals surface area (Å²) in [5.41, 5.74) is 1.59. The summed E-state index contributed by atoms with van der Waals surface area (Å²) in [5, 5.41) is 3.62. The van der Waals surface area contributed by atoms with Crippen molar-refractivity contribution in [3.8, 4) is 0 Å². The molecule has 1 unspecified atom stereocenters. The van der Waals surface area contributed by atoms with Gasteiger partial charge in [-0.05, 0) is 62.4 Å². The molecule has 1 saturated carbocycles. The molecule has 1 aliphatic rings. The zero-order valence-electron chi connectivity index (χ0n) is 21.0. The fraction of sp³-hybridized carbons (Fsp3) is 0.481. The lowest BCUT2D eigenvalue weighted by Gasteiger charge is -2.30. The molecule has 1 aliphatic carbocycles. The zero-order chi connectivity index (χ0) is 26.1. The SMILES string of the molecule is CC(C(=O)NC1CCCC1)N(CCc1ccccc1)C(=O)CCCN(c1ccc(Cl)cc1)S(C)(=O)=O. The Morgan fingerprint density at radius 2 is 1.67 bits per heavy atom. The van der Waals surface area contributed by atoms with Crippen LogP contribution in [-0.4, -0.2) is 56.6 Å². The Labute approximate surface area is 219 Å². The standard InChI is InChI=1S/C27H36ClN3O4S/c1-21(27(33)29-24-11-6-7-12-24)30(20-18-22-9-4-3-5-10-22)26(32)13-8-19-31(36(2,34)35)25-16-14-23(28)15-17-25/h3-5,9-10,14-17,21,24H,6-8,11-13,18-20H2,1-2H3,(H,29,33). The number of hydrogen-bond acceptors (Lipinski definition) is 4. The highest BCUT2D eigenvalue weighted by Gasteiger charge is 2.28. The van der Waals surface area contributed by atoms with Gasteiger partial charge in [0.15, 0.2) is 0 Å². The van der Waals surface area contributed by atoms with Crippen molar-refractivity contribution in [2.45, 2.75) is 64.0 Å². The van der Waals surface area contributed by atoms with E-state index in [0.29, 0.717) is 30.1 Å². The van der Waals surface area contributed by atoms with Gasteiger partial charge in [0.25, 0.3) is 0 Å². The van der Waals surface area contributed by atoms with E-state index < -0.39 is 16.1 Å². The smallest absolute Gasteiger partial charge is 0.242 e. The van der Waals surface area contributed by atoms with E-state index in [2.05, 4.69) is 5.32 Å². The van der Waals surface area contributed by atoms with E-state index in [9.17, 15) is 18.0 Å². The Morgan fingerprint density at radius 3 is 2.28 bits per heavy atom. The first-order chi connectivity index (χ1) is 17.1. The average Bonchev–Trinajstić information content (AvgIpc) is 3.35. The number of sulfonamides is 1. The molecule has 196 valence electrons. The molecular weight excluding hydrogens is 498 g/mol. The van der Waals surface area contributed by atoms with Crippen LogP contribution >= 0.6 is 11.6 Å². The summed E-state index contributed by atoms with van der Waals surface area (Å²) in [5.74, 6) is -0.299. The molecule has 3 rings (SSSR count). The predicted octanol–water partition coefficient (Wildman–Crippen LogP) is 4.40. The normalized spacial score (nSPS) is 14.9. The second-order valence-electron chi connectivity index (χ2n) is 9.40. The Kier molecular flexibility index (Phi) is 10.2. The van der Waals surface area contributed by atoms with Crippen LogP contribution in [0, 0.1) is 0 Å². The van der Waals surface area contributed by atoms with Crippen LogP contribution in [0.2, 0.25) is 5.02 Å². The molecule has 1 fully saturated rings. The maximum Gasteiger partial charge on any atom is 0.242 e. The third-order valence-electron chi connectivity index (χ3n) is 6.62. The van der Waals surface area contributed by atoms with Crippen LogP contribution < -0.4 is 9.62 Å². The number of carbonyl (C=O) groups excluding carboxylic acids is 2. The predicted molar refractivity (Wildman–Crippen MR) is 145 cm³/mol. The molecule has 0 bridgehead atoms. The fourth-order valence-corrected chi connectivity index (χ4v) is 5.66. The third-order valence-corrected chi connectivity index (χ3v) is 8.07. The van der Waals surface area contributed by atoms with Gasteiger partial charge >= 0.3 is 0 Å². The molecule has 2 aromatic rings. The molecule has 0 aromatic heterocycles. The van der Waals surface area contributed by atoms with Gasteiger partial charge in [-0.2, -0.15) is 0 Å². The molecule has 1 N–H and O–H groups in total. The monoisotopic (exact) mass is 533 g/mol. The van der Waals surface area contributed by atoms with Crippen LogP contribution in [0.4, 0.5) is 5.69 Å². The van der Waals surface area contributed by atoms with Crippen LogP contribution in [0.5, 0.6) is 0 Å². The Hall–Kier alpha value is -2.58. The summed E-state index contributed by atoms with van der Waals surface area (Å²) in [6.07, 6.45) is 6.41. The minimum atomic E-state index is -3.54. The highest BCUT2D eigenvalue weighted by molar-refractivity contribution is 7.92. The van der Waals surface area contributed by atoms with Gasteiger partial charge < -0.3 is 10.2 Å². The van der Waals surface area contributed by atoms with Gasteiger partial charge in [-0.15, -0.1) is 0 Å². The fourth-order valence-electron chi connectivity index (χ4n) is 4.57. The van der Waals surface area contributed by atoms with Gasteiger partial charge in [0.05, 0.1) is 11.9 Å². The summed E-state index contributed by atoms with van der Waals surface area (Å²) in [6, 6.07) is 16.0. The zero-order valence-corrected chi connectivity index (χ0v) is 22.6. The van der Waals surface area contributed by atoms with Crippen LogP contribution in [0.3, 0.4) is 0 Å². The highest BCUT2D eigenvalue weighted by Crippen LogP contribution is 2.22. The van der Waals surface area contributed by atoms with Crippen molar-refractivity contribution in [1.82, 2.24) is 10.2 Å². The number of carbonyl (C=O) groups is 2. The van der Waals surface area contributed by atoms with Gasteiger partial charge in [-0.25, -0.2) is 8.42 Å². The second kappa shape index (κ2) is 13.1. The van der Waals surface area contributed by atoms with Crippen molar-refractivity contribution < 1.29 is 18.0 Å². The minimum absolute atomic E-state index is 0.134. The quantitative estimate of drug-likeness (QED) is 0.438. The average molecular weight is 534 g/mol. The third kappa shape index (κ3) is 8.23. The van der Waals surface area contributed by atoms with Crippen molar-refractivity contribution in [2.24, 2.45) is 0 Å². The lowest BCUT2D eigenvalue weighted by atomic mass is 10.1. The Balaban J connectivity index is 1.66. The molecule has 1 atom stereocenters. The van der Waals surface area contributed by atoms with Crippen LogP contribution in [0.1, 0.15) is 51.0 Å². The molecule has 0 spiro atoms. The molecule has 0 radical (unpaired) electrons. The number of nitrogens with one attached hydrogen (secondary N) is 1. The number of anilines is 1. The van der Waals surface area contributed by atoms with Crippen LogP contribution in [0.25, 0.3) is 0 Å². The van der Waals surface area contributed by atoms with Gasteiger partial charge in [0, 0.05) is 30.6 Å². The molecule has 0 aliphatic heterocycles. The molecule has 2 aromatic carbocycles. The van der Waals surface area contributed by atoms with Gasteiger partial charge in [-0.3, -0.25) is 13.9 Å². The number of hydrogen-bond donors (Lipinski definition) is 1. The first kappa shape index (κ1) is 28.0. The first-order valence-corrected chi connectivity index (χ1v) is 14.7. The van der Waals surface area contributed by atoms with E-state index >= 15 is 0 Å². The van der Waals surface area contributed by atoms with E-state index in [0.717, 1.165) is 37.5 Å². The number of amides is 2. The first-order valence-electron chi connectivity index (χ1n) is 12.5. The molecule has 36 heavy (non-hydrogen) atoms. The number of rotatable bonds is 12. The van der Waals surface area contributed by atoms with Crippen LogP contribution in [0.15, 0.2) is 54.6 Å². The van der Waals surface area contributed by atoms with Crippen molar-refractivity contribution in [1.29, 1.82) is 0 Å². The summed E-state index contributed by atoms with van der Waals surface area (Å²) in [4.78, 5) is 27.9. The lowest BCUT2D eigenvalue weighted by molar-refractivity contribution is -0.140. The summed E-state index contributed by atoms with van der Waals surface area (Å²) < 4.78 is 26.1. The molecular formula is C27H36ClN3O4S. The Morgan fingerprint density at radius 1 is 1.03 bits per heavy atom. The minimum Gasteiger partial charge on any atom is -0.352 e. The van der Waals surface area contributed by atoms with Gasteiger partial charge in [0.2, 0.25) is 21.8 Å². The van der Waals surface area contributed by atoms with E-state index in [4.69, 9.17) is 11.6 Å². The number of benzene rings is 2. The summed E-state index contributed by atoms with van der Waals surface area (Å²) in [7, 11) is -3.54. The number of halogens is 1. The largest absolute Gasteiger partial charge is 0.352 e. The molecule has 0 heterocycles. The van der Waals surface area contributed by atoms with E-state index in [1.807, 2.05) is 30.3 Å². The van der Waals surface area contributed by atoms with Gasteiger partial charge in [0.1, 0.15) is 6.04 Å². The van der Waals surface area contributed by atoms with Gasteiger partial charge in [-0.1, -0.05) is 54.8 Å². The van der Waals surface area contributed by atoms with Crippen molar-refractivity contribution >= 4 is 39.1 Å². The highest BCUT2D eigenvalue weighted by atomic mass is 35.5. The lowest BCUT2D eigenvalue weighted by Crippen LogP contribution is -2.50. The molecule has 2 amide bonds. The summed E-state index contributed by atoms with van der Waals surface area (Å²) in [6.45, 7) is 2.33. The molecule has 0 saturated heterocycles. The summed E-state index contributed by atoms with van der Waals surface area (Å²) >= 11 is 5.94. The van der Waals surface area contributed by atoms with Crippen molar-refractivity contribution in [3.63, 3.8) is 0 Å². The van der Waals surface area contributed by atoms with E-state index in [1.54, 1.807) is 36.1 Å². The van der Waals surface area contributed by atoms with Crippen molar-refractivity contribution in [2.75, 3.05) is 23.7 Å². The Bertz CT molecular complexity index is 1100. The van der Waals surface area contributed by atoms with Crippen LogP contribution in [-0.2, 0) is 26.0 Å². The maximum atomic E-state index is 13.3. The van der Waals surface area contributed by atoms with E-state index in [-0.39, 0.29) is 30.8 Å². The topological polar surface area (TPSA) is 86.8 Å². The number of nitrogens with zero attached hydrogens (tertiary/aromatic N) is 2. The molecule has 7 nitrogen and oxygen atoms in total. The molecule has 9 heteroatoms. The second-order valence-corrected chi connectivity index (χ2v) is 11.7. The van der Waals surface area contributed by atoms with E-state index in [1.165, 1.54) is 4.31 Å². The van der Waals surface area contributed by atoms with Crippen molar-refractivity contribution in [3.05, 3.63) is 65.2 Å². The maximum absolute atomic E-state index is 13.3.